The van der Waals surface area contributed by atoms with E-state index < -0.39 is 0 Å². The maximum Gasteiger partial charge on any atom is 0.191 e. The number of hydrogen-bond acceptors (Lipinski definition) is 3. The van der Waals surface area contributed by atoms with Crippen LogP contribution in [0, 0.1) is 5.41 Å². The highest BCUT2D eigenvalue weighted by atomic mass is 16.5. The molecule has 1 heterocycles. The van der Waals surface area contributed by atoms with Crippen molar-refractivity contribution < 1.29 is 4.74 Å². The van der Waals surface area contributed by atoms with Crippen molar-refractivity contribution in [1.29, 1.82) is 0 Å². The smallest absolute Gasteiger partial charge is 0.191 e. The minimum atomic E-state index is 0.110. The first kappa shape index (κ1) is 17.5. The molecule has 2 rings (SSSR count). The zero-order valence-corrected chi connectivity index (χ0v) is 14.9. The number of hydrogen-bond donors (Lipinski definition) is 2. The Morgan fingerprint density at radius 3 is 2.41 bits per heavy atom. The second-order valence-electron chi connectivity index (χ2n) is 7.71. The zero-order chi connectivity index (χ0) is 16.1. The molecular formula is C17H34N4O. The molecular weight excluding hydrogens is 276 g/mol. The van der Waals surface area contributed by atoms with Crippen molar-refractivity contribution in [3.8, 4) is 0 Å². The van der Waals surface area contributed by atoms with Gasteiger partial charge < -0.3 is 15.4 Å². The minimum Gasteiger partial charge on any atom is -0.379 e. The normalized spacial score (nSPS) is 23.5. The largest absolute Gasteiger partial charge is 0.379 e. The number of nitrogens with zero attached hydrogens (tertiary/aromatic N) is 2. The standard InChI is InChI=1S/C17H34N4O/c1-16(2,21-9-11-22-12-10-21)13-19-15(18-4)20-14-17(3)7-5-6-8-17/h5-14H2,1-4H3,(H2,18,19,20). The lowest BCUT2D eigenvalue weighted by molar-refractivity contribution is -0.00834. The van der Waals surface area contributed by atoms with Gasteiger partial charge in [0.25, 0.3) is 0 Å². The lowest BCUT2D eigenvalue weighted by Gasteiger charge is -2.41. The van der Waals surface area contributed by atoms with Gasteiger partial charge in [0.05, 0.1) is 13.2 Å². The Kier molecular flexibility index (Phi) is 6.09. The molecule has 128 valence electrons. The summed E-state index contributed by atoms with van der Waals surface area (Å²) in [6, 6.07) is 0. The average Bonchev–Trinajstić information content (AvgIpc) is 2.95. The van der Waals surface area contributed by atoms with Crippen LogP contribution in [0.5, 0.6) is 0 Å². The van der Waals surface area contributed by atoms with Crippen molar-refractivity contribution in [2.45, 2.75) is 52.0 Å². The van der Waals surface area contributed by atoms with Gasteiger partial charge in [0.15, 0.2) is 5.96 Å². The van der Waals surface area contributed by atoms with E-state index in [2.05, 4.69) is 41.3 Å². The van der Waals surface area contributed by atoms with Crippen molar-refractivity contribution >= 4 is 5.96 Å². The molecule has 0 unspecified atom stereocenters. The number of aliphatic imine (C=N–C) groups is 1. The molecule has 2 aliphatic rings. The molecule has 0 bridgehead atoms. The highest BCUT2D eigenvalue weighted by Crippen LogP contribution is 2.36. The summed E-state index contributed by atoms with van der Waals surface area (Å²) >= 11 is 0. The van der Waals surface area contributed by atoms with Gasteiger partial charge in [-0.2, -0.15) is 0 Å². The first-order valence-electron chi connectivity index (χ1n) is 8.73. The third-order valence-corrected chi connectivity index (χ3v) is 5.27. The molecule has 0 aromatic rings. The van der Waals surface area contributed by atoms with Crippen LogP contribution in [-0.4, -0.2) is 62.8 Å². The summed E-state index contributed by atoms with van der Waals surface area (Å²) in [7, 11) is 1.86. The van der Waals surface area contributed by atoms with Gasteiger partial charge in [-0.25, -0.2) is 0 Å². The SMILES string of the molecule is CN=C(NCC1(C)CCCC1)NCC(C)(C)N1CCOCC1. The molecule has 0 atom stereocenters. The molecule has 5 heteroatoms. The van der Waals surface area contributed by atoms with E-state index in [-0.39, 0.29) is 5.54 Å². The third-order valence-electron chi connectivity index (χ3n) is 5.27. The minimum absolute atomic E-state index is 0.110. The van der Waals surface area contributed by atoms with E-state index >= 15 is 0 Å². The Morgan fingerprint density at radius 1 is 1.18 bits per heavy atom. The molecule has 0 aromatic heterocycles. The van der Waals surface area contributed by atoms with Crippen molar-refractivity contribution in [3.63, 3.8) is 0 Å². The van der Waals surface area contributed by atoms with Crippen molar-refractivity contribution in [2.75, 3.05) is 46.4 Å². The van der Waals surface area contributed by atoms with E-state index in [0.29, 0.717) is 5.41 Å². The van der Waals surface area contributed by atoms with E-state index in [9.17, 15) is 0 Å². The number of rotatable bonds is 5. The van der Waals surface area contributed by atoms with Crippen LogP contribution >= 0.6 is 0 Å². The fraction of sp³-hybridized carbons (Fsp3) is 0.941. The second kappa shape index (κ2) is 7.64. The summed E-state index contributed by atoms with van der Waals surface area (Å²) in [5.41, 5.74) is 0.552. The molecule has 1 saturated heterocycles. The van der Waals surface area contributed by atoms with Crippen LogP contribution in [0.1, 0.15) is 46.5 Å². The van der Waals surface area contributed by atoms with E-state index in [4.69, 9.17) is 4.74 Å². The Hall–Kier alpha value is -0.810. The molecule has 2 N–H and O–H groups in total. The number of morpholine rings is 1. The van der Waals surface area contributed by atoms with Crippen LogP contribution in [0.3, 0.4) is 0 Å². The summed E-state index contributed by atoms with van der Waals surface area (Å²) in [5.74, 6) is 0.925. The molecule has 2 fully saturated rings. The number of guanidine groups is 1. The Balaban J connectivity index is 1.77. The molecule has 22 heavy (non-hydrogen) atoms. The van der Waals surface area contributed by atoms with Crippen molar-refractivity contribution in [3.05, 3.63) is 0 Å². The first-order valence-corrected chi connectivity index (χ1v) is 8.73. The highest BCUT2D eigenvalue weighted by molar-refractivity contribution is 5.79. The maximum absolute atomic E-state index is 5.45. The van der Waals surface area contributed by atoms with Gasteiger partial charge in [0.1, 0.15) is 0 Å². The zero-order valence-electron chi connectivity index (χ0n) is 14.9. The molecule has 1 aliphatic heterocycles. The number of nitrogens with one attached hydrogen (secondary N) is 2. The fourth-order valence-corrected chi connectivity index (χ4v) is 3.50. The summed E-state index contributed by atoms with van der Waals surface area (Å²) in [5, 5.41) is 7.03. The van der Waals surface area contributed by atoms with Crippen LogP contribution in [-0.2, 0) is 4.74 Å². The maximum atomic E-state index is 5.45. The lowest BCUT2D eigenvalue weighted by atomic mass is 9.89. The third kappa shape index (κ3) is 4.85. The summed E-state index contributed by atoms with van der Waals surface area (Å²) < 4.78 is 5.45. The van der Waals surface area contributed by atoms with Gasteiger partial charge in [-0.15, -0.1) is 0 Å². The van der Waals surface area contributed by atoms with Gasteiger partial charge in [-0.1, -0.05) is 19.8 Å². The van der Waals surface area contributed by atoms with E-state index in [1.54, 1.807) is 0 Å². The van der Waals surface area contributed by atoms with Crippen LogP contribution in [0.25, 0.3) is 0 Å². The molecule has 1 aliphatic carbocycles. The summed E-state index contributed by atoms with van der Waals surface area (Å²) in [6.07, 6.45) is 5.40. The Morgan fingerprint density at radius 2 is 1.82 bits per heavy atom. The van der Waals surface area contributed by atoms with Gasteiger partial charge in [0, 0.05) is 38.8 Å². The lowest BCUT2D eigenvalue weighted by Crippen LogP contribution is -2.56. The molecule has 0 radical (unpaired) electrons. The van der Waals surface area contributed by atoms with Crippen LogP contribution < -0.4 is 10.6 Å². The monoisotopic (exact) mass is 310 g/mol. The molecule has 0 aromatic carbocycles. The van der Waals surface area contributed by atoms with Gasteiger partial charge in [0.2, 0.25) is 0 Å². The topological polar surface area (TPSA) is 48.9 Å². The van der Waals surface area contributed by atoms with E-state index in [1.165, 1.54) is 25.7 Å². The van der Waals surface area contributed by atoms with Crippen LogP contribution in [0.4, 0.5) is 0 Å². The van der Waals surface area contributed by atoms with Gasteiger partial charge in [-0.3, -0.25) is 9.89 Å². The quantitative estimate of drug-likeness (QED) is 0.601. The Labute approximate surface area is 135 Å². The second-order valence-corrected chi connectivity index (χ2v) is 7.71. The van der Waals surface area contributed by atoms with E-state index in [0.717, 1.165) is 45.4 Å². The van der Waals surface area contributed by atoms with Gasteiger partial charge >= 0.3 is 0 Å². The van der Waals surface area contributed by atoms with Crippen molar-refractivity contribution in [2.24, 2.45) is 10.4 Å². The highest BCUT2D eigenvalue weighted by Gasteiger charge is 2.30. The van der Waals surface area contributed by atoms with Crippen LogP contribution in [0.2, 0.25) is 0 Å². The van der Waals surface area contributed by atoms with Crippen LogP contribution in [0.15, 0.2) is 4.99 Å². The molecule has 1 saturated carbocycles. The average molecular weight is 310 g/mol. The molecule has 0 amide bonds. The fourth-order valence-electron chi connectivity index (χ4n) is 3.50. The van der Waals surface area contributed by atoms with E-state index in [1.807, 2.05) is 7.05 Å². The molecule has 5 nitrogen and oxygen atoms in total. The Bertz CT molecular complexity index is 369. The number of ether oxygens (including phenoxy) is 1. The predicted octanol–water partition coefficient (Wildman–Crippen LogP) is 1.84. The summed E-state index contributed by atoms with van der Waals surface area (Å²) in [6.45, 7) is 12.6. The predicted molar refractivity (Wildman–Crippen MR) is 92.4 cm³/mol. The first-order chi connectivity index (χ1) is 10.5. The van der Waals surface area contributed by atoms with Crippen molar-refractivity contribution in [1.82, 2.24) is 15.5 Å². The summed E-state index contributed by atoms with van der Waals surface area (Å²) in [4.78, 5) is 6.87. The molecule has 0 spiro atoms. The van der Waals surface area contributed by atoms with Gasteiger partial charge in [-0.05, 0) is 32.1 Å².